The molecule has 1 amide bonds. The van der Waals surface area contributed by atoms with Crippen LogP contribution in [0.5, 0.6) is 0 Å². The van der Waals surface area contributed by atoms with Crippen LogP contribution in [0.2, 0.25) is 0 Å². The summed E-state index contributed by atoms with van der Waals surface area (Å²) in [5.41, 5.74) is 6.28. The van der Waals surface area contributed by atoms with Gasteiger partial charge in [0.15, 0.2) is 11.0 Å². The van der Waals surface area contributed by atoms with Gasteiger partial charge in [-0.25, -0.2) is 0 Å². The van der Waals surface area contributed by atoms with E-state index in [0.29, 0.717) is 17.7 Å². The Morgan fingerprint density at radius 3 is 1.74 bits per heavy atom. The third kappa shape index (κ3) is 5.40. The van der Waals surface area contributed by atoms with Crippen LogP contribution in [0.25, 0.3) is 0 Å². The molecule has 0 fully saturated rings. The molecule has 0 aliphatic heterocycles. The molecule has 3 aromatic rings. The van der Waals surface area contributed by atoms with E-state index in [1.807, 2.05) is 89.2 Å². The van der Waals surface area contributed by atoms with Crippen molar-refractivity contribution in [2.45, 2.75) is 41.2 Å². The first kappa shape index (κ1) is 25.3. The van der Waals surface area contributed by atoms with E-state index in [1.165, 1.54) is 6.08 Å². The molecule has 0 heterocycles. The summed E-state index contributed by atoms with van der Waals surface area (Å²) in [7, 11) is -1.80. The molecule has 1 unspecified atom stereocenters. The van der Waals surface area contributed by atoms with E-state index in [1.54, 1.807) is 0 Å². The van der Waals surface area contributed by atoms with Crippen LogP contribution in [-0.2, 0) is 11.3 Å². The quantitative estimate of drug-likeness (QED) is 0.333. The molecular weight excluding hydrogens is 441 g/mol. The lowest BCUT2D eigenvalue weighted by Gasteiger charge is -2.21. The summed E-state index contributed by atoms with van der Waals surface area (Å²) in [6.07, 6.45) is 1.23. The number of benzene rings is 3. The zero-order chi connectivity index (χ0) is 25.0. The van der Waals surface area contributed by atoms with Gasteiger partial charge >= 0.3 is 0 Å². The van der Waals surface area contributed by atoms with Crippen LogP contribution in [0.15, 0.2) is 67.3 Å². The lowest BCUT2D eigenvalue weighted by molar-refractivity contribution is -0.116. The van der Waals surface area contributed by atoms with Crippen molar-refractivity contribution in [1.29, 1.82) is 0 Å². The van der Waals surface area contributed by atoms with Gasteiger partial charge in [-0.15, -0.1) is 0 Å². The maximum absolute atomic E-state index is 14.0. The van der Waals surface area contributed by atoms with E-state index in [-0.39, 0.29) is 17.0 Å². The van der Waals surface area contributed by atoms with Gasteiger partial charge in [0.1, 0.15) is 0 Å². The molecule has 0 saturated heterocycles. The molecule has 0 aliphatic carbocycles. The van der Waals surface area contributed by atoms with Gasteiger partial charge in [0.25, 0.3) is 0 Å². The zero-order valence-corrected chi connectivity index (χ0v) is 21.3. The molecule has 0 aliphatic rings. The monoisotopic (exact) mass is 471 g/mol. The van der Waals surface area contributed by atoms with Crippen molar-refractivity contribution in [3.63, 3.8) is 0 Å². The van der Waals surface area contributed by atoms with Gasteiger partial charge in [-0.2, -0.15) is 0 Å². The summed E-state index contributed by atoms with van der Waals surface area (Å²) < 4.78 is 0. The minimum atomic E-state index is -1.80. The highest BCUT2D eigenvalue weighted by Gasteiger charge is 2.33. The van der Waals surface area contributed by atoms with Gasteiger partial charge in [0, 0.05) is 17.7 Å². The van der Waals surface area contributed by atoms with Gasteiger partial charge in [-0.05, 0) is 73.8 Å². The van der Waals surface area contributed by atoms with Crippen molar-refractivity contribution in [1.82, 2.24) is 5.32 Å². The minimum Gasteiger partial charge on any atom is -0.348 e. The molecule has 4 nitrogen and oxygen atoms in total. The van der Waals surface area contributed by atoms with Crippen molar-refractivity contribution >= 4 is 30.2 Å². The number of hydrogen-bond donors (Lipinski definition) is 1. The molecule has 174 valence electrons. The first-order chi connectivity index (χ1) is 16.1. The Morgan fingerprint density at radius 2 is 1.26 bits per heavy atom. The molecule has 1 atom stereocenters. The summed E-state index contributed by atoms with van der Waals surface area (Å²) in [6, 6.07) is 17.1. The van der Waals surface area contributed by atoms with Gasteiger partial charge in [0.2, 0.25) is 5.91 Å². The molecule has 3 rings (SSSR count). The Labute approximate surface area is 202 Å². The second-order valence-corrected chi connectivity index (χ2v) is 10.6. The van der Waals surface area contributed by atoms with Crippen molar-refractivity contribution < 1.29 is 14.4 Å². The summed E-state index contributed by atoms with van der Waals surface area (Å²) >= 11 is 0. The van der Waals surface area contributed by atoms with E-state index >= 15 is 0 Å². The predicted molar refractivity (Wildman–Crippen MR) is 140 cm³/mol. The number of carbonyl (C=O) groups is 3. The molecule has 0 saturated carbocycles. The molecule has 0 spiro atoms. The van der Waals surface area contributed by atoms with Crippen LogP contribution < -0.4 is 10.6 Å². The van der Waals surface area contributed by atoms with Crippen molar-refractivity contribution in [2.75, 3.05) is 0 Å². The molecule has 0 radical (unpaired) electrons. The smallest absolute Gasteiger partial charge is 0.243 e. The first-order valence-corrected chi connectivity index (χ1v) is 12.5. The number of amides is 1. The predicted octanol–water partition coefficient (Wildman–Crippen LogP) is 5.82. The van der Waals surface area contributed by atoms with Crippen LogP contribution in [-0.4, -0.2) is 17.0 Å². The standard InChI is InChI=1S/C29H30NO3P/c1-7-25(31)30-17-23-15-21(5)27(22(6)16-23)29(33)34(24-11-9-8-10-12-24)28(32)26-19(3)13-18(2)14-20(26)4/h7-16H,1,17H2,2-6H3,(H,30,31). The number of aryl methyl sites for hydroxylation is 5. The Hall–Kier alpha value is -3.36. The van der Waals surface area contributed by atoms with Crippen LogP contribution in [0, 0.1) is 34.6 Å². The van der Waals surface area contributed by atoms with E-state index in [0.717, 1.165) is 38.7 Å². The van der Waals surface area contributed by atoms with Crippen LogP contribution >= 0.6 is 7.92 Å². The fourth-order valence-electron chi connectivity index (χ4n) is 4.40. The second kappa shape index (κ2) is 10.7. The second-order valence-electron chi connectivity index (χ2n) is 8.58. The SMILES string of the molecule is C=CC(=O)NCc1cc(C)c(C(=O)P(C(=O)c2c(C)cc(C)cc2C)c2ccccc2)c(C)c1. The van der Waals surface area contributed by atoms with Gasteiger partial charge in [0.05, 0.1) is 7.92 Å². The van der Waals surface area contributed by atoms with E-state index in [4.69, 9.17) is 0 Å². The first-order valence-electron chi connectivity index (χ1n) is 11.2. The average Bonchev–Trinajstić information content (AvgIpc) is 2.77. The van der Waals surface area contributed by atoms with E-state index in [9.17, 15) is 14.4 Å². The summed E-state index contributed by atoms with van der Waals surface area (Å²) in [4.78, 5) is 39.5. The van der Waals surface area contributed by atoms with Crippen molar-refractivity contribution in [3.8, 4) is 0 Å². The summed E-state index contributed by atoms with van der Waals surface area (Å²) in [6.45, 7) is 13.4. The van der Waals surface area contributed by atoms with E-state index < -0.39 is 7.92 Å². The maximum Gasteiger partial charge on any atom is 0.243 e. The molecule has 3 aromatic carbocycles. The highest BCUT2D eigenvalue weighted by Crippen LogP contribution is 2.45. The lowest BCUT2D eigenvalue weighted by Crippen LogP contribution is -2.21. The highest BCUT2D eigenvalue weighted by molar-refractivity contribution is 7.96. The van der Waals surface area contributed by atoms with Crippen LogP contribution in [0.4, 0.5) is 0 Å². The lowest BCUT2D eigenvalue weighted by atomic mass is 10.00. The van der Waals surface area contributed by atoms with Gasteiger partial charge < -0.3 is 5.32 Å². The summed E-state index contributed by atoms with van der Waals surface area (Å²) in [5.74, 6) is -0.252. The van der Waals surface area contributed by atoms with Gasteiger partial charge in [-0.1, -0.05) is 66.7 Å². The maximum atomic E-state index is 14.0. The third-order valence-electron chi connectivity index (χ3n) is 5.77. The van der Waals surface area contributed by atoms with Crippen LogP contribution in [0.3, 0.4) is 0 Å². The number of hydrogen-bond acceptors (Lipinski definition) is 3. The molecule has 1 N–H and O–H groups in total. The fourth-order valence-corrected chi connectivity index (χ4v) is 6.68. The Bertz CT molecular complexity index is 1230. The van der Waals surface area contributed by atoms with Crippen molar-refractivity contribution in [2.24, 2.45) is 0 Å². The topological polar surface area (TPSA) is 63.2 Å². The fraction of sp³-hybridized carbons (Fsp3) is 0.207. The molecular formula is C29H30NO3P. The molecule has 0 bridgehead atoms. The molecule has 34 heavy (non-hydrogen) atoms. The molecule has 0 aromatic heterocycles. The Morgan fingerprint density at radius 1 is 0.794 bits per heavy atom. The summed E-state index contributed by atoms with van der Waals surface area (Å²) in [5, 5.41) is 3.51. The molecule has 5 heteroatoms. The van der Waals surface area contributed by atoms with Gasteiger partial charge in [-0.3, -0.25) is 14.4 Å². The number of carbonyl (C=O) groups excluding carboxylic acids is 3. The number of rotatable bonds is 8. The Balaban J connectivity index is 2.08. The Kier molecular flexibility index (Phi) is 7.96. The largest absolute Gasteiger partial charge is 0.348 e. The number of nitrogens with one attached hydrogen (secondary N) is 1. The van der Waals surface area contributed by atoms with E-state index in [2.05, 4.69) is 11.9 Å². The van der Waals surface area contributed by atoms with Crippen molar-refractivity contribution in [3.05, 3.63) is 112 Å². The highest BCUT2D eigenvalue weighted by atomic mass is 31.1. The average molecular weight is 472 g/mol. The third-order valence-corrected chi connectivity index (χ3v) is 7.84. The zero-order valence-electron chi connectivity index (χ0n) is 20.4. The van der Waals surface area contributed by atoms with Crippen LogP contribution in [0.1, 0.15) is 54.1 Å². The minimum absolute atomic E-state index is 0.123. The normalized spacial score (nSPS) is 11.6.